The Kier molecular flexibility index (Phi) is 6.88. The number of benzene rings is 3. The van der Waals surface area contributed by atoms with Crippen molar-refractivity contribution in [3.05, 3.63) is 102 Å². The van der Waals surface area contributed by atoms with Gasteiger partial charge in [-0.05, 0) is 30.2 Å². The largest absolute Gasteiger partial charge is 0.489 e. The Balaban J connectivity index is 1.44. The van der Waals surface area contributed by atoms with Gasteiger partial charge in [0.25, 0.3) is 11.8 Å². The van der Waals surface area contributed by atoms with E-state index in [1.54, 1.807) is 6.20 Å². The fraction of sp³-hybridized carbons (Fsp3) is 0.129. The molecule has 1 aliphatic heterocycles. The maximum absolute atomic E-state index is 13.3. The summed E-state index contributed by atoms with van der Waals surface area (Å²) in [5, 5.41) is 11.8. The first-order chi connectivity index (χ1) is 19.5. The lowest BCUT2D eigenvalue weighted by Crippen LogP contribution is -2.22. The highest BCUT2D eigenvalue weighted by Gasteiger charge is 2.35. The number of imide groups is 1. The van der Waals surface area contributed by atoms with Gasteiger partial charge >= 0.3 is 0 Å². The smallest absolute Gasteiger partial charge is 0.259 e. The SMILES string of the molecule is N=C(N)SCCCn1cc(C2=C(c3c[nH]c4ccccc34)C(=O)NC2=O)c2ccc(OCc3ccccc3)cc21. The van der Waals surface area contributed by atoms with E-state index < -0.39 is 11.8 Å². The molecule has 200 valence electrons. The fourth-order valence-electron chi connectivity index (χ4n) is 5.15. The van der Waals surface area contributed by atoms with Crippen LogP contribution >= 0.6 is 11.8 Å². The number of ether oxygens (including phenoxy) is 1. The average molecular weight is 550 g/mol. The van der Waals surface area contributed by atoms with Crippen LogP contribution in [0.15, 0.2) is 85.2 Å². The Labute approximate surface area is 234 Å². The number of nitrogens with two attached hydrogens (primary N) is 1. The Morgan fingerprint density at radius 1 is 0.925 bits per heavy atom. The number of aromatic amines is 1. The number of rotatable bonds is 9. The second kappa shape index (κ2) is 10.8. The predicted octanol–water partition coefficient (Wildman–Crippen LogP) is 5.29. The van der Waals surface area contributed by atoms with Crippen molar-refractivity contribution in [2.75, 3.05) is 5.75 Å². The molecule has 1 aliphatic rings. The Bertz CT molecular complexity index is 1800. The summed E-state index contributed by atoms with van der Waals surface area (Å²) in [6.45, 7) is 1.08. The minimum Gasteiger partial charge on any atom is -0.489 e. The number of hydrogen-bond acceptors (Lipinski definition) is 5. The molecule has 6 rings (SSSR count). The summed E-state index contributed by atoms with van der Waals surface area (Å²) in [6.07, 6.45) is 4.49. The summed E-state index contributed by atoms with van der Waals surface area (Å²) < 4.78 is 8.18. The van der Waals surface area contributed by atoms with E-state index in [4.69, 9.17) is 15.9 Å². The second-order valence-corrected chi connectivity index (χ2v) is 10.7. The van der Waals surface area contributed by atoms with Crippen LogP contribution in [0.5, 0.6) is 5.75 Å². The van der Waals surface area contributed by atoms with Crippen LogP contribution < -0.4 is 15.8 Å². The number of nitrogens with one attached hydrogen (secondary N) is 3. The van der Waals surface area contributed by atoms with E-state index in [1.807, 2.05) is 79.0 Å². The van der Waals surface area contributed by atoms with Gasteiger partial charge in [-0.1, -0.05) is 60.3 Å². The summed E-state index contributed by atoms with van der Waals surface area (Å²) in [6, 6.07) is 23.5. The number of thioether (sulfide) groups is 1. The lowest BCUT2D eigenvalue weighted by atomic mass is 9.95. The van der Waals surface area contributed by atoms with Crippen LogP contribution in [0.25, 0.3) is 33.0 Å². The molecule has 0 radical (unpaired) electrons. The monoisotopic (exact) mass is 549 g/mol. The highest BCUT2D eigenvalue weighted by Crippen LogP contribution is 2.39. The van der Waals surface area contributed by atoms with Crippen molar-refractivity contribution in [1.29, 1.82) is 5.41 Å². The Morgan fingerprint density at radius 3 is 2.48 bits per heavy atom. The molecule has 3 aromatic carbocycles. The third-order valence-corrected chi connectivity index (χ3v) is 7.77. The molecule has 5 N–H and O–H groups in total. The first kappa shape index (κ1) is 25.5. The summed E-state index contributed by atoms with van der Waals surface area (Å²) >= 11 is 1.30. The molecule has 0 atom stereocenters. The summed E-state index contributed by atoms with van der Waals surface area (Å²) in [4.78, 5) is 29.6. The molecule has 0 spiro atoms. The number of para-hydroxylation sites is 1. The number of aryl methyl sites for hydroxylation is 1. The summed E-state index contributed by atoms with van der Waals surface area (Å²) in [7, 11) is 0. The van der Waals surface area contributed by atoms with Crippen molar-refractivity contribution in [3.8, 4) is 5.75 Å². The van der Waals surface area contributed by atoms with Gasteiger partial charge in [0.1, 0.15) is 12.4 Å². The number of amides is 2. The van der Waals surface area contributed by atoms with E-state index in [1.165, 1.54) is 11.8 Å². The van der Waals surface area contributed by atoms with E-state index in [0.717, 1.165) is 33.8 Å². The van der Waals surface area contributed by atoms with Gasteiger partial charge in [-0.15, -0.1) is 0 Å². The van der Waals surface area contributed by atoms with Crippen molar-refractivity contribution >= 4 is 61.7 Å². The van der Waals surface area contributed by atoms with Gasteiger partial charge in [-0.25, -0.2) is 0 Å². The molecular formula is C31H27N5O3S. The van der Waals surface area contributed by atoms with Gasteiger partial charge in [0.05, 0.1) is 16.7 Å². The Hall–Kier alpha value is -4.76. The third-order valence-electron chi connectivity index (χ3n) is 6.96. The molecule has 3 heterocycles. The average Bonchev–Trinajstić information content (AvgIpc) is 3.62. The molecule has 0 unspecified atom stereocenters. The molecule has 2 aromatic heterocycles. The molecule has 0 bridgehead atoms. The van der Waals surface area contributed by atoms with Gasteiger partial charge in [0, 0.05) is 58.2 Å². The lowest BCUT2D eigenvalue weighted by Gasteiger charge is -2.09. The fourth-order valence-corrected chi connectivity index (χ4v) is 5.64. The standard InChI is InChI=1S/C31H27N5O3S/c32-31(33)40-14-6-13-36-17-24(22-12-11-20(15-26(22)36)39-18-19-7-2-1-3-8-19)28-27(29(37)35-30(28)38)23-16-34-25-10-5-4-9-21(23)25/h1-5,7-12,15-17,34H,6,13-14,18H2,(H3,32,33)(H,35,37,38). The van der Waals surface area contributed by atoms with Crippen LogP contribution in [0.4, 0.5) is 0 Å². The molecule has 5 aromatic rings. The number of fused-ring (bicyclic) bond motifs is 2. The highest BCUT2D eigenvalue weighted by molar-refractivity contribution is 8.13. The molecule has 0 saturated carbocycles. The van der Waals surface area contributed by atoms with Crippen LogP contribution in [0, 0.1) is 5.41 Å². The molecule has 2 amide bonds. The first-order valence-electron chi connectivity index (χ1n) is 12.9. The molecule has 40 heavy (non-hydrogen) atoms. The van der Waals surface area contributed by atoms with Crippen molar-refractivity contribution in [3.63, 3.8) is 0 Å². The summed E-state index contributed by atoms with van der Waals surface area (Å²) in [5.74, 6) is 0.571. The van der Waals surface area contributed by atoms with Crippen molar-refractivity contribution in [2.45, 2.75) is 19.6 Å². The topological polar surface area (TPSA) is 126 Å². The quantitative estimate of drug-likeness (QED) is 0.0861. The number of amidine groups is 1. The van der Waals surface area contributed by atoms with Gasteiger partial charge in [-0.3, -0.25) is 20.3 Å². The van der Waals surface area contributed by atoms with Gasteiger partial charge in [0.2, 0.25) is 0 Å². The molecule has 0 saturated heterocycles. The van der Waals surface area contributed by atoms with E-state index in [-0.39, 0.29) is 5.17 Å². The molecule has 8 nitrogen and oxygen atoms in total. The zero-order valence-corrected chi connectivity index (χ0v) is 22.4. The minimum atomic E-state index is -0.416. The third kappa shape index (κ3) is 4.87. The van der Waals surface area contributed by atoms with E-state index >= 15 is 0 Å². The van der Waals surface area contributed by atoms with Crippen LogP contribution in [0.2, 0.25) is 0 Å². The van der Waals surface area contributed by atoms with Crippen molar-refractivity contribution in [2.24, 2.45) is 5.73 Å². The Morgan fingerprint density at radius 2 is 1.68 bits per heavy atom. The lowest BCUT2D eigenvalue weighted by molar-refractivity contribution is -0.122. The molecule has 0 fully saturated rings. The van der Waals surface area contributed by atoms with Crippen molar-refractivity contribution < 1.29 is 14.3 Å². The zero-order valence-electron chi connectivity index (χ0n) is 21.6. The highest BCUT2D eigenvalue weighted by atomic mass is 32.2. The number of nitrogens with zero attached hydrogens (tertiary/aromatic N) is 1. The van der Waals surface area contributed by atoms with Crippen LogP contribution in [-0.2, 0) is 22.7 Å². The molecule has 9 heteroatoms. The van der Waals surface area contributed by atoms with Crippen molar-refractivity contribution in [1.82, 2.24) is 14.9 Å². The molecule has 0 aliphatic carbocycles. The number of carbonyl (C=O) groups is 2. The number of H-pyrrole nitrogens is 1. The zero-order chi connectivity index (χ0) is 27.6. The maximum atomic E-state index is 13.3. The summed E-state index contributed by atoms with van der Waals surface area (Å²) in [5.41, 5.74) is 10.5. The van der Waals surface area contributed by atoms with Crippen LogP contribution in [0.1, 0.15) is 23.1 Å². The van der Waals surface area contributed by atoms with E-state index in [2.05, 4.69) is 14.9 Å². The maximum Gasteiger partial charge on any atom is 0.259 e. The predicted molar refractivity (Wildman–Crippen MR) is 160 cm³/mol. The second-order valence-electron chi connectivity index (χ2n) is 9.54. The van der Waals surface area contributed by atoms with Gasteiger partial charge < -0.3 is 20.0 Å². The number of hydrogen-bond donors (Lipinski definition) is 4. The van der Waals surface area contributed by atoms with E-state index in [0.29, 0.717) is 46.9 Å². The van der Waals surface area contributed by atoms with Gasteiger partial charge in [-0.2, -0.15) is 0 Å². The van der Waals surface area contributed by atoms with Crippen LogP contribution in [-0.4, -0.2) is 32.3 Å². The first-order valence-corrected chi connectivity index (χ1v) is 13.9. The number of aromatic nitrogens is 2. The minimum absolute atomic E-state index is 0.0873. The van der Waals surface area contributed by atoms with E-state index in [9.17, 15) is 9.59 Å². The van der Waals surface area contributed by atoms with Gasteiger partial charge in [0.15, 0.2) is 5.17 Å². The number of carbonyl (C=O) groups excluding carboxylic acids is 2. The molecular weight excluding hydrogens is 522 g/mol. The normalized spacial score (nSPS) is 13.4. The van der Waals surface area contributed by atoms with Crippen LogP contribution in [0.3, 0.4) is 0 Å².